The molecule has 0 saturated carbocycles. The molecule has 4 aromatic rings. The summed E-state index contributed by atoms with van der Waals surface area (Å²) < 4.78 is 6.88. The van der Waals surface area contributed by atoms with Gasteiger partial charge in [-0.05, 0) is 54.6 Å². The summed E-state index contributed by atoms with van der Waals surface area (Å²) in [7, 11) is 1.33. The summed E-state index contributed by atoms with van der Waals surface area (Å²) in [6.07, 6.45) is 1.96. The quantitative estimate of drug-likeness (QED) is 0.392. The molecule has 3 aromatic carbocycles. The number of nitrogens with one attached hydrogen (secondary N) is 2. The third-order valence-corrected chi connectivity index (χ3v) is 5.07. The van der Waals surface area contributed by atoms with Gasteiger partial charge < -0.3 is 19.9 Å². The lowest BCUT2D eigenvalue weighted by Gasteiger charge is -2.13. The zero-order valence-corrected chi connectivity index (χ0v) is 17.7. The Kier molecular flexibility index (Phi) is 5.64. The van der Waals surface area contributed by atoms with E-state index >= 15 is 0 Å². The molecule has 0 saturated heterocycles. The Morgan fingerprint density at radius 3 is 2.55 bits per heavy atom. The number of rotatable bonds is 5. The molecule has 0 aliphatic heterocycles. The highest BCUT2D eigenvalue weighted by molar-refractivity contribution is 6.31. The number of nitrogens with zero attached hydrogens (tertiary/aromatic N) is 1. The van der Waals surface area contributed by atoms with Crippen molar-refractivity contribution in [1.29, 1.82) is 0 Å². The van der Waals surface area contributed by atoms with E-state index in [2.05, 4.69) is 10.6 Å². The second kappa shape index (κ2) is 8.53. The van der Waals surface area contributed by atoms with Crippen molar-refractivity contribution in [2.75, 3.05) is 17.7 Å². The van der Waals surface area contributed by atoms with Crippen LogP contribution in [-0.2, 0) is 9.53 Å². The summed E-state index contributed by atoms with van der Waals surface area (Å²) in [5, 5.41) is 7.59. The van der Waals surface area contributed by atoms with Crippen LogP contribution in [0, 0.1) is 0 Å². The molecule has 0 radical (unpaired) electrons. The molecular formula is C24H20ClN3O3. The molecule has 0 spiro atoms. The van der Waals surface area contributed by atoms with Crippen LogP contribution < -0.4 is 10.6 Å². The topological polar surface area (TPSA) is 72.4 Å². The molecule has 156 valence electrons. The monoisotopic (exact) mass is 433 g/mol. The van der Waals surface area contributed by atoms with Crippen molar-refractivity contribution in [2.45, 2.75) is 6.92 Å². The first-order valence-electron chi connectivity index (χ1n) is 9.59. The molecule has 1 amide bonds. The summed E-state index contributed by atoms with van der Waals surface area (Å²) in [5.74, 6) is -0.591. The van der Waals surface area contributed by atoms with Crippen LogP contribution in [0.3, 0.4) is 0 Å². The maximum Gasteiger partial charge on any atom is 0.340 e. The molecule has 4 rings (SSSR count). The number of amides is 1. The van der Waals surface area contributed by atoms with Gasteiger partial charge in [-0.3, -0.25) is 4.79 Å². The van der Waals surface area contributed by atoms with Gasteiger partial charge in [0.2, 0.25) is 5.91 Å². The Labute approximate surface area is 184 Å². The van der Waals surface area contributed by atoms with E-state index in [1.54, 1.807) is 18.2 Å². The van der Waals surface area contributed by atoms with E-state index in [0.29, 0.717) is 16.3 Å². The van der Waals surface area contributed by atoms with Crippen molar-refractivity contribution in [1.82, 2.24) is 4.57 Å². The van der Waals surface area contributed by atoms with Gasteiger partial charge in [-0.25, -0.2) is 4.79 Å². The van der Waals surface area contributed by atoms with E-state index < -0.39 is 5.97 Å². The molecular weight excluding hydrogens is 414 g/mol. The molecule has 2 N–H and O–H groups in total. The Morgan fingerprint density at radius 1 is 0.968 bits per heavy atom. The first-order chi connectivity index (χ1) is 15.0. The van der Waals surface area contributed by atoms with E-state index in [-0.39, 0.29) is 5.91 Å². The number of methoxy groups -OCH3 is 1. The number of anilines is 3. The van der Waals surface area contributed by atoms with Gasteiger partial charge in [0, 0.05) is 29.2 Å². The number of carbonyl (C=O) groups excluding carboxylic acids is 2. The van der Waals surface area contributed by atoms with Crippen molar-refractivity contribution in [3.63, 3.8) is 0 Å². The minimum absolute atomic E-state index is 0.125. The Morgan fingerprint density at radius 2 is 1.77 bits per heavy atom. The summed E-state index contributed by atoms with van der Waals surface area (Å²) in [4.78, 5) is 23.7. The molecule has 1 aromatic heterocycles. The number of para-hydroxylation sites is 2. The summed E-state index contributed by atoms with van der Waals surface area (Å²) in [5.41, 5.74) is 4.36. The smallest absolute Gasteiger partial charge is 0.340 e. The number of carbonyl (C=O) groups is 2. The Balaban J connectivity index is 1.70. The number of fused-ring (bicyclic) bond motifs is 1. The number of esters is 1. The van der Waals surface area contributed by atoms with Crippen LogP contribution in [0.4, 0.5) is 17.1 Å². The maximum absolute atomic E-state index is 12.1. The predicted molar refractivity (Wildman–Crippen MR) is 124 cm³/mol. The van der Waals surface area contributed by atoms with Crippen molar-refractivity contribution in [3.8, 4) is 5.69 Å². The fourth-order valence-corrected chi connectivity index (χ4v) is 3.64. The van der Waals surface area contributed by atoms with Crippen LogP contribution in [0.25, 0.3) is 16.6 Å². The number of hydrogen-bond donors (Lipinski definition) is 2. The van der Waals surface area contributed by atoms with Crippen molar-refractivity contribution in [2.24, 2.45) is 0 Å². The number of benzene rings is 3. The van der Waals surface area contributed by atoms with E-state index in [1.165, 1.54) is 14.0 Å². The first kappa shape index (κ1) is 20.5. The normalized spacial score (nSPS) is 10.7. The van der Waals surface area contributed by atoms with Crippen molar-refractivity contribution >= 4 is 51.4 Å². The lowest BCUT2D eigenvalue weighted by Crippen LogP contribution is -2.08. The highest BCUT2D eigenvalue weighted by Gasteiger charge is 2.14. The lowest BCUT2D eigenvalue weighted by atomic mass is 10.1. The molecule has 1 heterocycles. The maximum atomic E-state index is 12.1. The number of ether oxygens (including phenoxy) is 1. The van der Waals surface area contributed by atoms with E-state index in [0.717, 1.165) is 28.0 Å². The van der Waals surface area contributed by atoms with Crippen LogP contribution >= 0.6 is 11.6 Å². The summed E-state index contributed by atoms with van der Waals surface area (Å²) in [6.45, 7) is 1.49. The zero-order chi connectivity index (χ0) is 22.0. The lowest BCUT2D eigenvalue weighted by molar-refractivity contribution is -0.114. The van der Waals surface area contributed by atoms with Crippen LogP contribution in [-0.4, -0.2) is 23.6 Å². The van der Waals surface area contributed by atoms with Gasteiger partial charge in [0.1, 0.15) is 0 Å². The number of halogens is 1. The van der Waals surface area contributed by atoms with Crippen LogP contribution in [0.1, 0.15) is 17.3 Å². The SMILES string of the molecule is COC(=O)c1cc(Cl)ccc1Nc1ccc2c(ccn2-c2ccccc2NC(C)=O)c1. The molecule has 0 aliphatic carbocycles. The van der Waals surface area contributed by atoms with Crippen LogP contribution in [0.2, 0.25) is 5.02 Å². The largest absolute Gasteiger partial charge is 0.465 e. The third-order valence-electron chi connectivity index (χ3n) is 4.83. The average Bonchev–Trinajstić information content (AvgIpc) is 3.17. The van der Waals surface area contributed by atoms with E-state index in [4.69, 9.17) is 16.3 Å². The standard InChI is InChI=1S/C24H20ClN3O3/c1-15(29)26-21-5-3-4-6-23(21)28-12-11-16-13-18(8-10-22(16)28)27-20-9-7-17(25)14-19(20)24(30)31-2/h3-14,27H,1-2H3,(H,26,29). The molecule has 31 heavy (non-hydrogen) atoms. The number of hydrogen-bond acceptors (Lipinski definition) is 4. The number of aromatic nitrogens is 1. The molecule has 0 bridgehead atoms. The second-order valence-corrected chi connectivity index (χ2v) is 7.40. The summed E-state index contributed by atoms with van der Waals surface area (Å²) in [6, 6.07) is 20.6. The molecule has 0 atom stereocenters. The average molecular weight is 434 g/mol. The highest BCUT2D eigenvalue weighted by Crippen LogP contribution is 2.30. The molecule has 7 heteroatoms. The van der Waals surface area contributed by atoms with Gasteiger partial charge in [-0.15, -0.1) is 0 Å². The van der Waals surface area contributed by atoms with Crippen molar-refractivity contribution < 1.29 is 14.3 Å². The van der Waals surface area contributed by atoms with Gasteiger partial charge >= 0.3 is 5.97 Å². The van der Waals surface area contributed by atoms with Gasteiger partial charge in [0.05, 0.1) is 35.3 Å². The van der Waals surface area contributed by atoms with Crippen LogP contribution in [0.5, 0.6) is 0 Å². The zero-order valence-electron chi connectivity index (χ0n) is 17.0. The minimum atomic E-state index is -0.466. The summed E-state index contributed by atoms with van der Waals surface area (Å²) >= 11 is 6.04. The highest BCUT2D eigenvalue weighted by atomic mass is 35.5. The van der Waals surface area contributed by atoms with E-state index in [9.17, 15) is 9.59 Å². The van der Waals surface area contributed by atoms with E-state index in [1.807, 2.05) is 59.3 Å². The predicted octanol–water partition coefficient (Wildman–Crippen LogP) is 5.77. The van der Waals surface area contributed by atoms with Gasteiger partial charge in [0.25, 0.3) is 0 Å². The van der Waals surface area contributed by atoms with Gasteiger partial charge in [0.15, 0.2) is 0 Å². The fourth-order valence-electron chi connectivity index (χ4n) is 3.47. The fraction of sp³-hybridized carbons (Fsp3) is 0.0833. The van der Waals surface area contributed by atoms with Crippen molar-refractivity contribution in [3.05, 3.63) is 83.5 Å². The second-order valence-electron chi connectivity index (χ2n) is 6.96. The Hall–Kier alpha value is -3.77. The van der Waals surface area contributed by atoms with Gasteiger partial charge in [-0.2, -0.15) is 0 Å². The first-order valence-corrected chi connectivity index (χ1v) is 9.97. The Bertz CT molecular complexity index is 1300. The minimum Gasteiger partial charge on any atom is -0.465 e. The molecule has 0 fully saturated rings. The van der Waals surface area contributed by atoms with Gasteiger partial charge in [-0.1, -0.05) is 23.7 Å². The molecule has 6 nitrogen and oxygen atoms in total. The molecule has 0 aliphatic rings. The van der Waals surface area contributed by atoms with Crippen LogP contribution in [0.15, 0.2) is 72.9 Å². The third kappa shape index (κ3) is 4.25. The molecule has 0 unspecified atom stereocenters.